The zero-order chi connectivity index (χ0) is 15.1. The number of benzene rings is 1. The van der Waals surface area contributed by atoms with Gasteiger partial charge in [-0.3, -0.25) is 0 Å². The molecule has 0 saturated heterocycles. The minimum absolute atomic E-state index is 0.386. The van der Waals surface area contributed by atoms with E-state index in [1.807, 2.05) is 12.1 Å². The number of nitrogen functional groups attached to an aromatic ring is 1. The molecule has 0 bridgehead atoms. The molecule has 0 saturated carbocycles. The summed E-state index contributed by atoms with van der Waals surface area (Å²) in [5, 5.41) is 0. The van der Waals surface area contributed by atoms with Gasteiger partial charge in [0.25, 0.3) is 0 Å². The Hall–Kier alpha value is -1.71. The van der Waals surface area contributed by atoms with Gasteiger partial charge in [-0.25, -0.2) is 4.79 Å². The highest BCUT2D eigenvalue weighted by Gasteiger charge is 2.17. The number of anilines is 2. The van der Waals surface area contributed by atoms with Crippen molar-refractivity contribution >= 4 is 17.3 Å². The quantitative estimate of drug-likeness (QED) is 0.614. The lowest BCUT2D eigenvalue weighted by Gasteiger charge is -2.29. The highest BCUT2D eigenvalue weighted by atomic mass is 16.5. The second-order valence-corrected chi connectivity index (χ2v) is 4.95. The minimum Gasteiger partial charge on any atom is -0.465 e. The number of hydrogen-bond donors (Lipinski definition) is 1. The second-order valence-electron chi connectivity index (χ2n) is 4.95. The van der Waals surface area contributed by atoms with Gasteiger partial charge in [0.05, 0.1) is 24.0 Å². The van der Waals surface area contributed by atoms with E-state index in [4.69, 9.17) is 10.5 Å². The molecule has 0 unspecified atom stereocenters. The van der Waals surface area contributed by atoms with E-state index in [9.17, 15) is 4.79 Å². The normalized spacial score (nSPS) is 10.7. The lowest BCUT2D eigenvalue weighted by molar-refractivity contribution is 0.0602. The van der Waals surface area contributed by atoms with Crippen LogP contribution in [0.4, 0.5) is 11.4 Å². The summed E-state index contributed by atoms with van der Waals surface area (Å²) in [5.74, 6) is 0.249. The Morgan fingerprint density at radius 3 is 2.45 bits per heavy atom. The summed E-state index contributed by atoms with van der Waals surface area (Å²) in [6, 6.07) is 5.52. The molecule has 0 radical (unpaired) electrons. The van der Waals surface area contributed by atoms with E-state index in [1.54, 1.807) is 6.07 Å². The molecule has 4 nitrogen and oxygen atoms in total. The van der Waals surface area contributed by atoms with Gasteiger partial charge in [0.1, 0.15) is 0 Å². The minimum atomic E-state index is -0.386. The SMILES string of the molecule is CCC(CC)CN(CC)c1cccc(C(=O)OC)c1N. The number of carbonyl (C=O) groups excluding carboxylic acids is 1. The molecule has 0 aliphatic rings. The van der Waals surface area contributed by atoms with Crippen molar-refractivity contribution in [1.29, 1.82) is 0 Å². The topological polar surface area (TPSA) is 55.6 Å². The van der Waals surface area contributed by atoms with Crippen molar-refractivity contribution in [2.24, 2.45) is 5.92 Å². The predicted octanol–water partition coefficient (Wildman–Crippen LogP) is 3.32. The number of nitrogens with two attached hydrogens (primary N) is 1. The molecule has 1 rings (SSSR count). The maximum absolute atomic E-state index is 11.7. The molecule has 0 heterocycles. The fraction of sp³-hybridized carbons (Fsp3) is 0.562. The van der Waals surface area contributed by atoms with Crippen molar-refractivity contribution in [1.82, 2.24) is 0 Å². The Kier molecular flexibility index (Phi) is 6.36. The molecule has 0 aromatic heterocycles. The summed E-state index contributed by atoms with van der Waals surface area (Å²) in [7, 11) is 1.37. The number of methoxy groups -OCH3 is 1. The first kappa shape index (κ1) is 16.3. The van der Waals surface area contributed by atoms with E-state index < -0.39 is 0 Å². The van der Waals surface area contributed by atoms with Crippen LogP contribution in [0.1, 0.15) is 44.0 Å². The largest absolute Gasteiger partial charge is 0.465 e. The van der Waals surface area contributed by atoms with Crippen LogP contribution < -0.4 is 10.6 Å². The summed E-state index contributed by atoms with van der Waals surface area (Å²) in [6.45, 7) is 8.34. The first-order chi connectivity index (χ1) is 9.58. The third-order valence-corrected chi connectivity index (χ3v) is 3.84. The molecule has 0 fully saturated rings. The molecule has 0 amide bonds. The van der Waals surface area contributed by atoms with E-state index in [0.717, 1.165) is 31.6 Å². The van der Waals surface area contributed by atoms with Gasteiger partial charge >= 0.3 is 5.97 Å². The first-order valence-electron chi connectivity index (χ1n) is 7.30. The fourth-order valence-corrected chi connectivity index (χ4v) is 2.37. The number of rotatable bonds is 7. The van der Waals surface area contributed by atoms with E-state index >= 15 is 0 Å². The highest BCUT2D eigenvalue weighted by molar-refractivity contribution is 5.98. The monoisotopic (exact) mass is 278 g/mol. The molecular formula is C16H26N2O2. The number of esters is 1. The Morgan fingerprint density at radius 1 is 1.30 bits per heavy atom. The van der Waals surface area contributed by atoms with Crippen molar-refractivity contribution < 1.29 is 9.53 Å². The number of para-hydroxylation sites is 1. The Balaban J connectivity index is 3.06. The van der Waals surface area contributed by atoms with Crippen LogP contribution in [0.3, 0.4) is 0 Å². The van der Waals surface area contributed by atoms with Gasteiger partial charge in [-0.15, -0.1) is 0 Å². The van der Waals surface area contributed by atoms with Gasteiger partial charge in [-0.2, -0.15) is 0 Å². The van der Waals surface area contributed by atoms with Crippen LogP contribution in [0.2, 0.25) is 0 Å². The molecule has 1 aromatic rings. The molecule has 2 N–H and O–H groups in total. The van der Waals surface area contributed by atoms with Crippen LogP contribution >= 0.6 is 0 Å². The van der Waals surface area contributed by atoms with E-state index in [1.165, 1.54) is 7.11 Å². The van der Waals surface area contributed by atoms with Crippen LogP contribution in [0.5, 0.6) is 0 Å². The fourth-order valence-electron chi connectivity index (χ4n) is 2.37. The van der Waals surface area contributed by atoms with Crippen LogP contribution in [-0.2, 0) is 4.74 Å². The standard InChI is InChI=1S/C16H26N2O2/c1-5-12(6-2)11-18(7-3)14-10-8-9-13(15(14)17)16(19)20-4/h8-10,12H,5-7,11,17H2,1-4H3. The van der Waals surface area contributed by atoms with Crippen LogP contribution in [0.15, 0.2) is 18.2 Å². The summed E-state index contributed by atoms with van der Waals surface area (Å²) < 4.78 is 4.77. The van der Waals surface area contributed by atoms with Crippen LogP contribution in [0.25, 0.3) is 0 Å². The summed E-state index contributed by atoms with van der Waals surface area (Å²) in [4.78, 5) is 13.9. The summed E-state index contributed by atoms with van der Waals surface area (Å²) in [5.41, 5.74) is 8.02. The molecule has 20 heavy (non-hydrogen) atoms. The Morgan fingerprint density at radius 2 is 1.95 bits per heavy atom. The van der Waals surface area contributed by atoms with Crippen molar-refractivity contribution in [3.63, 3.8) is 0 Å². The summed E-state index contributed by atoms with van der Waals surface area (Å²) in [6.07, 6.45) is 2.28. The number of ether oxygens (including phenoxy) is 1. The second kappa shape index (κ2) is 7.78. The smallest absolute Gasteiger partial charge is 0.340 e. The number of hydrogen-bond acceptors (Lipinski definition) is 4. The number of carbonyl (C=O) groups is 1. The van der Waals surface area contributed by atoms with Gasteiger partial charge in [0, 0.05) is 13.1 Å². The zero-order valence-corrected chi connectivity index (χ0v) is 13.0. The maximum Gasteiger partial charge on any atom is 0.340 e. The lowest BCUT2D eigenvalue weighted by atomic mass is 10.0. The van der Waals surface area contributed by atoms with Crippen molar-refractivity contribution in [2.45, 2.75) is 33.6 Å². The Labute approximate surface area is 121 Å². The predicted molar refractivity (Wildman–Crippen MR) is 84.2 cm³/mol. The third kappa shape index (κ3) is 3.65. The molecule has 0 aliphatic heterocycles. The molecule has 0 atom stereocenters. The lowest BCUT2D eigenvalue weighted by Crippen LogP contribution is -2.30. The average molecular weight is 278 g/mol. The molecule has 4 heteroatoms. The molecular weight excluding hydrogens is 252 g/mol. The van der Waals surface area contributed by atoms with Gasteiger partial charge in [0.15, 0.2) is 0 Å². The zero-order valence-electron chi connectivity index (χ0n) is 13.0. The van der Waals surface area contributed by atoms with Gasteiger partial charge in [-0.05, 0) is 25.0 Å². The van der Waals surface area contributed by atoms with Crippen LogP contribution in [-0.4, -0.2) is 26.2 Å². The van der Waals surface area contributed by atoms with Gasteiger partial charge in [0.2, 0.25) is 0 Å². The van der Waals surface area contributed by atoms with E-state index in [0.29, 0.717) is 17.2 Å². The third-order valence-electron chi connectivity index (χ3n) is 3.84. The van der Waals surface area contributed by atoms with Gasteiger partial charge < -0.3 is 15.4 Å². The average Bonchev–Trinajstić information content (AvgIpc) is 2.48. The maximum atomic E-state index is 11.7. The molecule has 0 aliphatic carbocycles. The molecule has 112 valence electrons. The Bertz CT molecular complexity index is 442. The van der Waals surface area contributed by atoms with Gasteiger partial charge in [-0.1, -0.05) is 32.8 Å². The molecule has 1 aromatic carbocycles. The van der Waals surface area contributed by atoms with Crippen LogP contribution in [0, 0.1) is 5.92 Å². The number of nitrogens with zero attached hydrogens (tertiary/aromatic N) is 1. The van der Waals surface area contributed by atoms with Crippen molar-refractivity contribution in [3.8, 4) is 0 Å². The highest BCUT2D eigenvalue weighted by Crippen LogP contribution is 2.28. The summed E-state index contributed by atoms with van der Waals surface area (Å²) >= 11 is 0. The van der Waals surface area contributed by atoms with Crippen molar-refractivity contribution in [2.75, 3.05) is 30.8 Å². The van der Waals surface area contributed by atoms with Crippen molar-refractivity contribution in [3.05, 3.63) is 23.8 Å². The first-order valence-corrected chi connectivity index (χ1v) is 7.30. The molecule has 0 spiro atoms. The van der Waals surface area contributed by atoms with E-state index in [2.05, 4.69) is 25.7 Å². The van der Waals surface area contributed by atoms with E-state index in [-0.39, 0.29) is 5.97 Å².